The summed E-state index contributed by atoms with van der Waals surface area (Å²) in [5, 5.41) is 31.8. The van der Waals surface area contributed by atoms with Crippen LogP contribution in [0.3, 0.4) is 0 Å². The van der Waals surface area contributed by atoms with Crippen LogP contribution in [0.5, 0.6) is 0 Å². The smallest absolute Gasteiger partial charge is 0.244 e. The van der Waals surface area contributed by atoms with Crippen LogP contribution in [-0.2, 0) is 14.3 Å². The van der Waals surface area contributed by atoms with Crippen molar-refractivity contribution in [1.29, 1.82) is 0 Å². The van der Waals surface area contributed by atoms with E-state index in [2.05, 4.69) is 10.2 Å². The number of carbonyl (C=O) groups is 1. The summed E-state index contributed by atoms with van der Waals surface area (Å²) >= 11 is 0. The quantitative estimate of drug-likeness (QED) is 0.325. The molecule has 1 aromatic carbocycles. The summed E-state index contributed by atoms with van der Waals surface area (Å²) in [4.78, 5) is 15.5. The second-order valence-corrected chi connectivity index (χ2v) is 5.87. The van der Waals surface area contributed by atoms with Gasteiger partial charge >= 0.3 is 0 Å². The molecule has 1 saturated heterocycles. The van der Waals surface area contributed by atoms with Gasteiger partial charge in [0.25, 0.3) is 0 Å². The molecule has 1 fully saturated rings. The van der Waals surface area contributed by atoms with Gasteiger partial charge < -0.3 is 30.1 Å². The predicted octanol–water partition coefficient (Wildman–Crippen LogP) is 0.377. The highest BCUT2D eigenvalue weighted by Gasteiger charge is 2.44. The molecule has 5 unspecified atom stereocenters. The van der Waals surface area contributed by atoms with Gasteiger partial charge in [-0.2, -0.15) is 0 Å². The van der Waals surface area contributed by atoms with E-state index >= 15 is 0 Å². The lowest BCUT2D eigenvalue weighted by atomic mass is 9.97. The van der Waals surface area contributed by atoms with Crippen molar-refractivity contribution in [3.63, 3.8) is 0 Å². The summed E-state index contributed by atoms with van der Waals surface area (Å²) in [6.45, 7) is 6.61. The molecule has 0 radical (unpaired) electrons. The highest BCUT2D eigenvalue weighted by atomic mass is 16.7. The van der Waals surface area contributed by atoms with Crippen molar-refractivity contribution in [2.24, 2.45) is 0 Å². The first kappa shape index (κ1) is 20.8. The molecule has 0 bridgehead atoms. The maximum Gasteiger partial charge on any atom is 0.244 e. The summed E-state index contributed by atoms with van der Waals surface area (Å²) in [7, 11) is 1.33. The first-order chi connectivity index (χ1) is 13.0. The van der Waals surface area contributed by atoms with Gasteiger partial charge in [0.1, 0.15) is 24.4 Å². The number of methoxy groups -OCH3 is 1. The monoisotopic (exact) mass is 374 g/mol. The zero-order chi connectivity index (χ0) is 19.8. The Morgan fingerprint density at radius 2 is 2.07 bits per heavy atom. The molecule has 5 atom stereocenters. The van der Waals surface area contributed by atoms with E-state index < -0.39 is 43.2 Å². The number of hydrogen-bond donors (Lipinski definition) is 4. The van der Waals surface area contributed by atoms with Gasteiger partial charge in [-0.15, -0.1) is 0 Å². The summed E-state index contributed by atoms with van der Waals surface area (Å²) in [6, 6.07) is 6.06. The average Bonchev–Trinajstić information content (AvgIpc) is 2.69. The van der Waals surface area contributed by atoms with Crippen LogP contribution in [0.15, 0.2) is 42.5 Å². The van der Waals surface area contributed by atoms with Gasteiger partial charge in [0.05, 0.1) is 13.2 Å². The van der Waals surface area contributed by atoms with Crippen molar-refractivity contribution in [3.05, 3.63) is 59.5 Å². The molecule has 8 heteroatoms. The van der Waals surface area contributed by atoms with Gasteiger partial charge in [0, 0.05) is 13.2 Å². The maximum absolute atomic E-state index is 12.1. The first-order valence-electron chi connectivity index (χ1n) is 8.28. The summed E-state index contributed by atoms with van der Waals surface area (Å²) in [5.41, 5.74) is 1.23. The average molecular weight is 374 g/mol. The fourth-order valence-electron chi connectivity index (χ4n) is 2.68. The van der Waals surface area contributed by atoms with E-state index in [0.29, 0.717) is 5.69 Å². The fourth-order valence-corrected chi connectivity index (χ4v) is 2.68. The zero-order valence-electron chi connectivity index (χ0n) is 14.7. The van der Waals surface area contributed by atoms with E-state index in [-0.39, 0.29) is 0 Å². The SMILES string of the molecule is [C-]#[N+]c1ccccc1/C=C/C=C/C(=O)NC1C(OC)OC(CO)C(O)C1O. The molecule has 0 saturated carbocycles. The minimum atomic E-state index is -1.36. The predicted molar refractivity (Wildman–Crippen MR) is 97.6 cm³/mol. The van der Waals surface area contributed by atoms with E-state index in [1.165, 1.54) is 19.3 Å². The van der Waals surface area contributed by atoms with Crippen molar-refractivity contribution in [3.8, 4) is 0 Å². The van der Waals surface area contributed by atoms with Crippen LogP contribution in [0.1, 0.15) is 5.56 Å². The number of amides is 1. The van der Waals surface area contributed by atoms with Crippen LogP contribution in [0.4, 0.5) is 5.69 Å². The van der Waals surface area contributed by atoms with E-state index in [4.69, 9.17) is 21.2 Å². The number of rotatable bonds is 6. The summed E-state index contributed by atoms with van der Waals surface area (Å²) in [6.07, 6.45) is 1.30. The lowest BCUT2D eigenvalue weighted by Gasteiger charge is -2.41. The topological polar surface area (TPSA) is 113 Å². The molecule has 0 aromatic heterocycles. The number of aliphatic hydroxyl groups excluding tert-OH is 3. The van der Waals surface area contributed by atoms with Gasteiger partial charge in [-0.3, -0.25) is 4.79 Å². The number of nitrogens with one attached hydrogen (secondary N) is 1. The zero-order valence-corrected chi connectivity index (χ0v) is 14.7. The highest BCUT2D eigenvalue weighted by molar-refractivity contribution is 5.88. The van der Waals surface area contributed by atoms with Gasteiger partial charge in [-0.1, -0.05) is 42.5 Å². The number of allylic oxidation sites excluding steroid dienone is 2. The molecule has 1 heterocycles. The van der Waals surface area contributed by atoms with Crippen LogP contribution in [-0.4, -0.2) is 65.6 Å². The molecule has 8 nitrogen and oxygen atoms in total. The number of carbonyl (C=O) groups excluding carboxylic acids is 1. The lowest BCUT2D eigenvalue weighted by molar-refractivity contribution is -0.262. The summed E-state index contributed by atoms with van der Waals surface area (Å²) in [5.74, 6) is -0.525. The van der Waals surface area contributed by atoms with E-state index in [1.54, 1.807) is 30.4 Å². The van der Waals surface area contributed by atoms with Gasteiger partial charge in [0.15, 0.2) is 12.0 Å². The Bertz CT molecular complexity index is 740. The van der Waals surface area contributed by atoms with Crippen LogP contribution in [0.25, 0.3) is 10.9 Å². The van der Waals surface area contributed by atoms with Crippen molar-refractivity contribution in [2.45, 2.75) is 30.6 Å². The van der Waals surface area contributed by atoms with Crippen molar-refractivity contribution in [1.82, 2.24) is 5.32 Å². The third-order valence-corrected chi connectivity index (χ3v) is 4.11. The molecule has 0 spiro atoms. The molecular formula is C19H22N2O6. The van der Waals surface area contributed by atoms with E-state index in [0.717, 1.165) is 5.56 Å². The molecule has 144 valence electrons. The maximum atomic E-state index is 12.1. The molecule has 1 aromatic rings. The van der Waals surface area contributed by atoms with Crippen molar-refractivity contribution >= 4 is 17.7 Å². The molecule has 2 rings (SSSR count). The normalized spacial score (nSPS) is 28.3. The fraction of sp³-hybridized carbons (Fsp3) is 0.368. The van der Waals surface area contributed by atoms with E-state index in [9.17, 15) is 15.0 Å². The number of nitrogens with zero attached hydrogens (tertiary/aromatic N) is 1. The summed E-state index contributed by atoms with van der Waals surface area (Å²) < 4.78 is 10.4. The number of hydrogen-bond acceptors (Lipinski definition) is 6. The molecule has 1 aliphatic rings. The molecule has 0 aliphatic carbocycles. The minimum Gasteiger partial charge on any atom is -0.394 e. The second kappa shape index (κ2) is 9.97. The second-order valence-electron chi connectivity index (χ2n) is 5.87. The minimum absolute atomic E-state index is 0.491. The van der Waals surface area contributed by atoms with Crippen molar-refractivity contribution in [2.75, 3.05) is 13.7 Å². The van der Waals surface area contributed by atoms with Gasteiger partial charge in [-0.05, 0) is 5.56 Å². The Balaban J connectivity index is 1.98. The Hall–Kier alpha value is -2.54. The lowest BCUT2D eigenvalue weighted by Crippen LogP contribution is -2.64. The Morgan fingerprint density at radius 1 is 1.33 bits per heavy atom. The van der Waals surface area contributed by atoms with E-state index in [1.807, 2.05) is 6.07 Å². The molecule has 1 aliphatic heterocycles. The highest BCUT2D eigenvalue weighted by Crippen LogP contribution is 2.22. The third-order valence-electron chi connectivity index (χ3n) is 4.11. The first-order valence-corrected chi connectivity index (χ1v) is 8.28. The number of aliphatic hydroxyl groups is 3. The van der Waals surface area contributed by atoms with Gasteiger partial charge in [-0.25, -0.2) is 4.85 Å². The number of benzene rings is 1. The van der Waals surface area contributed by atoms with Crippen LogP contribution in [0.2, 0.25) is 0 Å². The van der Waals surface area contributed by atoms with Gasteiger partial charge in [0.2, 0.25) is 5.91 Å². The number of ether oxygens (including phenoxy) is 2. The molecule has 1 amide bonds. The Morgan fingerprint density at radius 3 is 2.74 bits per heavy atom. The molecule has 4 N–H and O–H groups in total. The standard InChI is InChI=1S/C19H22N2O6/c1-20-13-9-5-3-7-12(13)8-4-6-10-15(23)21-16-18(25)17(24)14(11-22)27-19(16)26-2/h3-10,14,16-19,22,24-25H,11H2,2H3,(H,21,23)/b8-4+,10-6+. The van der Waals surface area contributed by atoms with Crippen molar-refractivity contribution < 1.29 is 29.6 Å². The number of para-hydroxylation sites is 1. The Labute approximate surface area is 157 Å². The van der Waals surface area contributed by atoms with Crippen LogP contribution >= 0.6 is 0 Å². The third kappa shape index (κ3) is 5.23. The largest absolute Gasteiger partial charge is 0.394 e. The molecule has 27 heavy (non-hydrogen) atoms. The molecular weight excluding hydrogens is 352 g/mol. The van der Waals surface area contributed by atoms with Crippen LogP contribution in [0, 0.1) is 6.57 Å². The Kier molecular flexibility index (Phi) is 7.67. The van der Waals surface area contributed by atoms with Crippen LogP contribution < -0.4 is 5.32 Å².